The van der Waals surface area contributed by atoms with E-state index < -0.39 is 0 Å². The van der Waals surface area contributed by atoms with Gasteiger partial charge in [0, 0.05) is 12.1 Å². The van der Waals surface area contributed by atoms with Crippen LogP contribution in [0.5, 0.6) is 0 Å². The van der Waals surface area contributed by atoms with Crippen LogP contribution in [0.1, 0.15) is 36.5 Å². The summed E-state index contributed by atoms with van der Waals surface area (Å²) in [5.74, 6) is 0.796. The molecular weight excluding hydrogens is 378 g/mol. The average molecular weight is 404 g/mol. The minimum atomic E-state index is 0.796. The molecule has 0 radical (unpaired) electrons. The monoisotopic (exact) mass is 403 g/mol. The summed E-state index contributed by atoms with van der Waals surface area (Å²) < 4.78 is 1.87. The van der Waals surface area contributed by atoms with Gasteiger partial charge in [-0.25, -0.2) is 4.98 Å². The van der Waals surface area contributed by atoms with Gasteiger partial charge in [-0.1, -0.05) is 66.7 Å². The Balaban J connectivity index is 1.52. The Morgan fingerprint density at radius 1 is 0.839 bits per heavy atom. The average Bonchev–Trinajstić information content (AvgIpc) is 3.33. The zero-order valence-corrected chi connectivity index (χ0v) is 17.8. The van der Waals surface area contributed by atoms with Crippen molar-refractivity contribution in [2.24, 2.45) is 0 Å². The molecule has 0 aliphatic heterocycles. The van der Waals surface area contributed by atoms with Gasteiger partial charge in [0.2, 0.25) is 0 Å². The summed E-state index contributed by atoms with van der Waals surface area (Å²) in [5, 5.41) is 7.45. The van der Waals surface area contributed by atoms with Gasteiger partial charge in [-0.05, 0) is 76.4 Å². The van der Waals surface area contributed by atoms with Crippen LogP contribution in [-0.2, 0) is 19.4 Å². The van der Waals surface area contributed by atoms with Gasteiger partial charge in [0.15, 0.2) is 5.82 Å². The van der Waals surface area contributed by atoms with E-state index in [2.05, 4.69) is 83.7 Å². The van der Waals surface area contributed by atoms with Crippen molar-refractivity contribution in [2.75, 3.05) is 0 Å². The van der Waals surface area contributed by atoms with Crippen molar-refractivity contribution in [1.82, 2.24) is 14.8 Å². The number of benzene rings is 3. The van der Waals surface area contributed by atoms with Gasteiger partial charge >= 0.3 is 0 Å². The smallest absolute Gasteiger partial charge is 0.181 e. The van der Waals surface area contributed by atoms with Crippen molar-refractivity contribution in [2.45, 2.75) is 39.2 Å². The van der Waals surface area contributed by atoms with E-state index in [0.717, 1.165) is 37.2 Å². The fraction of sp³-hybridized carbons (Fsp3) is 0.214. The van der Waals surface area contributed by atoms with Crippen LogP contribution in [0.4, 0.5) is 0 Å². The molecule has 3 nitrogen and oxygen atoms in total. The largest absolute Gasteiger partial charge is 0.253 e. The molecule has 31 heavy (non-hydrogen) atoms. The van der Waals surface area contributed by atoms with Crippen LogP contribution >= 0.6 is 0 Å². The molecule has 1 heterocycles. The number of nitrogens with zero attached hydrogens (tertiary/aromatic N) is 3. The maximum atomic E-state index is 4.55. The molecular formula is C28H25N3. The highest BCUT2D eigenvalue weighted by molar-refractivity contribution is 5.77. The lowest BCUT2D eigenvalue weighted by Gasteiger charge is -2.21. The Hall–Kier alpha value is -3.46. The van der Waals surface area contributed by atoms with E-state index >= 15 is 0 Å². The lowest BCUT2D eigenvalue weighted by molar-refractivity contribution is 0.659. The van der Waals surface area contributed by atoms with Crippen molar-refractivity contribution in [3.05, 3.63) is 94.1 Å². The summed E-state index contributed by atoms with van der Waals surface area (Å²) in [7, 11) is 0. The van der Waals surface area contributed by atoms with Gasteiger partial charge in [0.05, 0.1) is 0 Å². The van der Waals surface area contributed by atoms with E-state index in [1.807, 2.05) is 4.68 Å². The zero-order chi connectivity index (χ0) is 20.8. The summed E-state index contributed by atoms with van der Waals surface area (Å²) >= 11 is 0. The fourth-order valence-electron chi connectivity index (χ4n) is 5.12. The molecule has 3 aromatic carbocycles. The molecule has 0 atom stereocenters. The number of aryl methyl sites for hydroxylation is 2. The van der Waals surface area contributed by atoms with E-state index in [-0.39, 0.29) is 0 Å². The third kappa shape index (κ3) is 3.04. The Morgan fingerprint density at radius 3 is 2.52 bits per heavy atom. The minimum Gasteiger partial charge on any atom is -0.253 e. The lowest BCUT2D eigenvalue weighted by Crippen LogP contribution is -2.36. The summed E-state index contributed by atoms with van der Waals surface area (Å²) in [5.41, 5.74) is 9.56. The predicted octanol–water partition coefficient (Wildman–Crippen LogP) is 4.50. The fourth-order valence-corrected chi connectivity index (χ4v) is 5.12. The molecule has 0 unspecified atom stereocenters. The molecule has 0 saturated heterocycles. The van der Waals surface area contributed by atoms with Crippen molar-refractivity contribution >= 4 is 11.6 Å². The maximum absolute atomic E-state index is 4.55. The molecule has 2 aliphatic carbocycles. The maximum Gasteiger partial charge on any atom is 0.181 e. The van der Waals surface area contributed by atoms with E-state index in [1.54, 1.807) is 6.33 Å². The molecule has 4 aromatic rings. The molecule has 152 valence electrons. The lowest BCUT2D eigenvalue weighted by atomic mass is 9.83. The highest BCUT2D eigenvalue weighted by Crippen LogP contribution is 2.28. The molecule has 0 bridgehead atoms. The van der Waals surface area contributed by atoms with E-state index in [9.17, 15) is 0 Å². The van der Waals surface area contributed by atoms with Crippen LogP contribution in [0.2, 0.25) is 0 Å². The first kappa shape index (κ1) is 18.3. The standard InChI is InChI=1S/C28H25N3/c1-2-31-18-29-28(30-31)22-12-10-20(11-13-22)24-9-5-7-21-15-16-25-23-8-4-3-6-19(23)14-17-26(25)27(21)24/h3-4,6,8,10-13,15-18H,2,5,7,9,14H2,1H3. The highest BCUT2D eigenvalue weighted by Gasteiger charge is 2.18. The van der Waals surface area contributed by atoms with Crippen molar-refractivity contribution in [1.29, 1.82) is 0 Å². The predicted molar refractivity (Wildman–Crippen MR) is 126 cm³/mol. The SMILES string of the molecule is CCn1cnc(-c2ccc(C3=c4c(ccc5c4=CCc4ccccc4-5)CCC3)cc2)n1. The van der Waals surface area contributed by atoms with Gasteiger partial charge < -0.3 is 0 Å². The van der Waals surface area contributed by atoms with Gasteiger partial charge in [-0.15, -0.1) is 0 Å². The van der Waals surface area contributed by atoms with Gasteiger partial charge in [-0.3, -0.25) is 4.68 Å². The minimum absolute atomic E-state index is 0.796. The van der Waals surface area contributed by atoms with Crippen LogP contribution < -0.4 is 10.4 Å². The molecule has 0 amide bonds. The number of rotatable bonds is 3. The summed E-state index contributed by atoms with van der Waals surface area (Å²) in [4.78, 5) is 4.45. The third-order valence-corrected chi connectivity index (χ3v) is 6.69. The Bertz CT molecular complexity index is 1410. The highest BCUT2D eigenvalue weighted by atomic mass is 15.3. The Labute approximate surface area is 182 Å². The molecule has 6 rings (SSSR count). The summed E-state index contributed by atoms with van der Waals surface area (Å²) in [6, 6.07) is 22.4. The van der Waals surface area contributed by atoms with E-state index in [1.165, 1.54) is 50.2 Å². The van der Waals surface area contributed by atoms with E-state index in [0.29, 0.717) is 0 Å². The first-order chi connectivity index (χ1) is 15.3. The van der Waals surface area contributed by atoms with Gasteiger partial charge in [-0.2, -0.15) is 5.10 Å². The number of fused-ring (bicyclic) bond motifs is 5. The quantitative estimate of drug-likeness (QED) is 0.504. The number of hydrogen-bond donors (Lipinski definition) is 0. The van der Waals surface area contributed by atoms with Crippen LogP contribution in [0, 0.1) is 0 Å². The van der Waals surface area contributed by atoms with Crippen molar-refractivity contribution in [3.63, 3.8) is 0 Å². The first-order valence-electron chi connectivity index (χ1n) is 11.3. The first-order valence-corrected chi connectivity index (χ1v) is 11.3. The second kappa shape index (κ2) is 7.35. The molecule has 0 N–H and O–H groups in total. The van der Waals surface area contributed by atoms with Gasteiger partial charge in [0.1, 0.15) is 6.33 Å². The molecule has 0 fully saturated rings. The number of aromatic nitrogens is 3. The Kier molecular flexibility index (Phi) is 4.34. The second-order valence-corrected chi connectivity index (χ2v) is 8.46. The van der Waals surface area contributed by atoms with Crippen molar-refractivity contribution in [3.8, 4) is 22.5 Å². The molecule has 1 aromatic heterocycles. The van der Waals surface area contributed by atoms with Crippen LogP contribution in [0.15, 0.2) is 67.0 Å². The Morgan fingerprint density at radius 2 is 1.68 bits per heavy atom. The zero-order valence-electron chi connectivity index (χ0n) is 17.8. The van der Waals surface area contributed by atoms with Crippen LogP contribution in [0.25, 0.3) is 34.2 Å². The van der Waals surface area contributed by atoms with E-state index in [4.69, 9.17) is 0 Å². The van der Waals surface area contributed by atoms with Gasteiger partial charge in [0.25, 0.3) is 0 Å². The molecule has 3 heteroatoms. The summed E-state index contributed by atoms with van der Waals surface area (Å²) in [6.07, 6.45) is 8.76. The van der Waals surface area contributed by atoms with Crippen molar-refractivity contribution < 1.29 is 0 Å². The molecule has 2 aliphatic rings. The number of hydrogen-bond acceptors (Lipinski definition) is 2. The van der Waals surface area contributed by atoms with Crippen LogP contribution in [0.3, 0.4) is 0 Å². The molecule has 0 saturated carbocycles. The molecule has 0 spiro atoms. The second-order valence-electron chi connectivity index (χ2n) is 8.46. The third-order valence-electron chi connectivity index (χ3n) is 6.69. The summed E-state index contributed by atoms with van der Waals surface area (Å²) in [6.45, 7) is 2.92. The van der Waals surface area contributed by atoms with Crippen LogP contribution in [-0.4, -0.2) is 14.8 Å². The normalized spacial score (nSPS) is 14.4. The topological polar surface area (TPSA) is 30.7 Å².